The zero-order valence-electron chi connectivity index (χ0n) is 12.4. The van der Waals surface area contributed by atoms with Gasteiger partial charge in [0.2, 0.25) is 0 Å². The minimum absolute atomic E-state index is 0.341. The Hall–Kier alpha value is -0.330. The number of rotatable bonds is 1. The molecule has 3 aliphatic carbocycles. The number of ketones is 1. The van der Waals surface area contributed by atoms with E-state index in [0.29, 0.717) is 17.1 Å². The van der Waals surface area contributed by atoms with Crippen molar-refractivity contribution in [2.45, 2.75) is 59.8 Å². The number of carbonyl (C=O) groups is 1. The average molecular weight is 248 g/mol. The highest BCUT2D eigenvalue weighted by Gasteiger charge is 2.56. The van der Waals surface area contributed by atoms with Gasteiger partial charge in [-0.3, -0.25) is 4.79 Å². The van der Waals surface area contributed by atoms with Crippen LogP contribution in [-0.2, 0) is 4.79 Å². The van der Waals surface area contributed by atoms with Gasteiger partial charge in [-0.1, -0.05) is 27.7 Å². The summed E-state index contributed by atoms with van der Waals surface area (Å²) in [6.07, 6.45) is 6.21. The molecule has 3 rings (SSSR count). The van der Waals surface area contributed by atoms with Gasteiger partial charge in [0.15, 0.2) is 0 Å². The van der Waals surface area contributed by atoms with E-state index in [1.165, 1.54) is 19.3 Å². The van der Waals surface area contributed by atoms with Crippen molar-refractivity contribution in [2.24, 2.45) is 40.9 Å². The first-order valence-corrected chi connectivity index (χ1v) is 7.94. The molecule has 3 saturated carbocycles. The third-order valence-electron chi connectivity index (χ3n) is 7.12. The van der Waals surface area contributed by atoms with Crippen molar-refractivity contribution in [3.8, 4) is 0 Å². The SMILES string of the molecule is CC1CCC(C2CC3CC2C(C)C3(C)C)CC1=O. The van der Waals surface area contributed by atoms with Crippen LogP contribution in [-0.4, -0.2) is 5.78 Å². The maximum Gasteiger partial charge on any atom is 0.135 e. The Morgan fingerprint density at radius 3 is 2.28 bits per heavy atom. The van der Waals surface area contributed by atoms with Crippen molar-refractivity contribution in [1.29, 1.82) is 0 Å². The van der Waals surface area contributed by atoms with Gasteiger partial charge in [0, 0.05) is 12.3 Å². The second-order valence-corrected chi connectivity index (χ2v) is 8.01. The summed E-state index contributed by atoms with van der Waals surface area (Å²) in [4.78, 5) is 12.0. The maximum atomic E-state index is 12.0. The molecule has 0 heterocycles. The van der Waals surface area contributed by atoms with Crippen LogP contribution >= 0.6 is 0 Å². The van der Waals surface area contributed by atoms with Crippen LogP contribution in [0.5, 0.6) is 0 Å². The Balaban J connectivity index is 1.72. The van der Waals surface area contributed by atoms with E-state index < -0.39 is 0 Å². The highest BCUT2D eigenvalue weighted by atomic mass is 16.1. The monoisotopic (exact) mass is 248 g/mol. The molecule has 102 valence electrons. The molecule has 0 aliphatic heterocycles. The van der Waals surface area contributed by atoms with Crippen molar-refractivity contribution in [2.75, 3.05) is 0 Å². The van der Waals surface area contributed by atoms with E-state index in [1.54, 1.807) is 0 Å². The summed E-state index contributed by atoms with van der Waals surface area (Å²) in [5.41, 5.74) is 0.549. The third-order valence-corrected chi connectivity index (χ3v) is 7.12. The van der Waals surface area contributed by atoms with E-state index in [9.17, 15) is 4.79 Å². The van der Waals surface area contributed by atoms with Gasteiger partial charge in [0.1, 0.15) is 5.78 Å². The van der Waals surface area contributed by atoms with Gasteiger partial charge in [-0.2, -0.15) is 0 Å². The summed E-state index contributed by atoms with van der Waals surface area (Å²) in [6.45, 7) is 9.51. The Kier molecular flexibility index (Phi) is 2.88. The molecule has 0 saturated heterocycles. The van der Waals surface area contributed by atoms with Crippen LogP contribution in [0.4, 0.5) is 0 Å². The van der Waals surface area contributed by atoms with Crippen LogP contribution in [0.15, 0.2) is 0 Å². The van der Waals surface area contributed by atoms with Gasteiger partial charge in [-0.05, 0) is 60.7 Å². The van der Waals surface area contributed by atoms with Gasteiger partial charge >= 0.3 is 0 Å². The fourth-order valence-electron chi connectivity index (χ4n) is 5.30. The Labute approximate surface area is 112 Å². The summed E-state index contributed by atoms with van der Waals surface area (Å²) >= 11 is 0. The molecule has 0 N–H and O–H groups in total. The molecule has 0 aromatic heterocycles. The van der Waals surface area contributed by atoms with Gasteiger partial charge in [-0.25, -0.2) is 0 Å². The molecule has 0 amide bonds. The fourth-order valence-corrected chi connectivity index (χ4v) is 5.30. The molecule has 6 unspecified atom stereocenters. The Morgan fingerprint density at radius 2 is 1.72 bits per heavy atom. The highest BCUT2D eigenvalue weighted by Crippen LogP contribution is 2.63. The first-order chi connectivity index (χ1) is 8.41. The summed E-state index contributed by atoms with van der Waals surface area (Å²) in [5, 5.41) is 0. The average Bonchev–Trinajstić information content (AvgIpc) is 2.83. The van der Waals surface area contributed by atoms with E-state index in [2.05, 4.69) is 27.7 Å². The lowest BCUT2D eigenvalue weighted by atomic mass is 9.61. The van der Waals surface area contributed by atoms with Gasteiger partial charge < -0.3 is 0 Å². The lowest BCUT2D eigenvalue weighted by Crippen LogP contribution is -2.38. The van der Waals surface area contributed by atoms with E-state index in [-0.39, 0.29) is 0 Å². The second kappa shape index (κ2) is 4.08. The highest BCUT2D eigenvalue weighted by molar-refractivity contribution is 5.81. The fraction of sp³-hybridized carbons (Fsp3) is 0.941. The molecule has 1 heteroatoms. The van der Waals surface area contributed by atoms with Crippen LogP contribution in [0.25, 0.3) is 0 Å². The van der Waals surface area contributed by atoms with Crippen molar-refractivity contribution in [1.82, 2.24) is 0 Å². The predicted molar refractivity (Wildman–Crippen MR) is 74.2 cm³/mol. The van der Waals surface area contributed by atoms with E-state index >= 15 is 0 Å². The standard InChI is InChI=1S/C17H28O/c1-10-5-6-12(7-16(10)18)15-9-13-8-14(15)11(2)17(13,3)4/h10-15H,5-9H2,1-4H3. The molecule has 0 radical (unpaired) electrons. The van der Waals surface area contributed by atoms with Crippen molar-refractivity contribution < 1.29 is 4.79 Å². The molecular weight excluding hydrogens is 220 g/mol. The van der Waals surface area contributed by atoms with E-state index in [0.717, 1.165) is 42.4 Å². The summed E-state index contributed by atoms with van der Waals surface area (Å²) in [7, 11) is 0. The molecule has 6 atom stereocenters. The molecule has 0 aromatic carbocycles. The largest absolute Gasteiger partial charge is 0.299 e. The van der Waals surface area contributed by atoms with E-state index in [4.69, 9.17) is 0 Å². The normalized spacial score (nSPS) is 50.8. The van der Waals surface area contributed by atoms with Crippen molar-refractivity contribution >= 4 is 5.78 Å². The van der Waals surface area contributed by atoms with Gasteiger partial charge in [0.05, 0.1) is 0 Å². The smallest absolute Gasteiger partial charge is 0.135 e. The second-order valence-electron chi connectivity index (χ2n) is 8.01. The zero-order valence-corrected chi connectivity index (χ0v) is 12.4. The molecule has 0 spiro atoms. The topological polar surface area (TPSA) is 17.1 Å². The summed E-state index contributed by atoms with van der Waals surface area (Å²) in [6, 6.07) is 0. The maximum absolute atomic E-state index is 12.0. The molecule has 0 aromatic rings. The number of hydrogen-bond acceptors (Lipinski definition) is 1. The first kappa shape index (κ1) is 12.7. The van der Waals surface area contributed by atoms with Crippen molar-refractivity contribution in [3.63, 3.8) is 0 Å². The van der Waals surface area contributed by atoms with Crippen LogP contribution in [0.3, 0.4) is 0 Å². The summed E-state index contributed by atoms with van der Waals surface area (Å²) in [5.74, 6) is 5.18. The number of fused-ring (bicyclic) bond motifs is 2. The lowest BCUT2D eigenvalue weighted by Gasteiger charge is -2.43. The molecule has 18 heavy (non-hydrogen) atoms. The number of hydrogen-bond donors (Lipinski definition) is 0. The predicted octanol–water partition coefficient (Wildman–Crippen LogP) is 4.31. The van der Waals surface area contributed by atoms with E-state index in [1.807, 2.05) is 0 Å². The molecular formula is C17H28O. The van der Waals surface area contributed by atoms with Crippen LogP contribution < -0.4 is 0 Å². The molecule has 3 aliphatic rings. The first-order valence-electron chi connectivity index (χ1n) is 7.94. The molecule has 2 bridgehead atoms. The minimum atomic E-state index is 0.341. The van der Waals surface area contributed by atoms with Gasteiger partial charge in [0.25, 0.3) is 0 Å². The third kappa shape index (κ3) is 1.69. The lowest BCUT2D eigenvalue weighted by molar-refractivity contribution is -0.126. The molecule has 1 nitrogen and oxygen atoms in total. The minimum Gasteiger partial charge on any atom is -0.299 e. The Bertz CT molecular complexity index is 353. The number of carbonyl (C=O) groups excluding carboxylic acids is 1. The van der Waals surface area contributed by atoms with Crippen LogP contribution in [0, 0.1) is 40.9 Å². The zero-order chi connectivity index (χ0) is 13.1. The Morgan fingerprint density at radius 1 is 1.06 bits per heavy atom. The van der Waals surface area contributed by atoms with Crippen LogP contribution in [0.1, 0.15) is 59.8 Å². The van der Waals surface area contributed by atoms with Gasteiger partial charge in [-0.15, -0.1) is 0 Å². The quantitative estimate of drug-likeness (QED) is 0.676. The van der Waals surface area contributed by atoms with Crippen LogP contribution in [0.2, 0.25) is 0 Å². The number of Topliss-reactive ketones (excluding diaryl/α,β-unsaturated/α-hetero) is 1. The molecule has 3 fully saturated rings. The van der Waals surface area contributed by atoms with Crippen molar-refractivity contribution in [3.05, 3.63) is 0 Å². The summed E-state index contributed by atoms with van der Waals surface area (Å²) < 4.78 is 0.